The molecule has 0 aliphatic carbocycles. The number of nitrogens with zero attached hydrogens (tertiary/aromatic N) is 1. The van der Waals surface area contributed by atoms with Crippen molar-refractivity contribution < 1.29 is 0 Å². The predicted molar refractivity (Wildman–Crippen MR) is 87.3 cm³/mol. The van der Waals surface area contributed by atoms with Crippen LogP contribution in [0.15, 0.2) is 35.7 Å². The van der Waals surface area contributed by atoms with Crippen LogP contribution in [-0.4, -0.2) is 11.5 Å². The van der Waals surface area contributed by atoms with Gasteiger partial charge < -0.3 is 5.32 Å². The minimum absolute atomic E-state index is 0.368. The van der Waals surface area contributed by atoms with Gasteiger partial charge in [0, 0.05) is 17.8 Å². The van der Waals surface area contributed by atoms with E-state index in [0.717, 1.165) is 25.8 Å². The number of nitrogens with one attached hydrogen (secondary N) is 1. The molecule has 0 saturated carbocycles. The Kier molecular flexibility index (Phi) is 6.22. The van der Waals surface area contributed by atoms with Crippen LogP contribution in [0.4, 0.5) is 0 Å². The van der Waals surface area contributed by atoms with Gasteiger partial charge in [0.25, 0.3) is 0 Å². The van der Waals surface area contributed by atoms with Crippen LogP contribution in [0.2, 0.25) is 0 Å². The van der Waals surface area contributed by atoms with E-state index in [0.29, 0.717) is 6.04 Å². The maximum absolute atomic E-state index is 4.75. The Bertz CT molecular complexity index is 493. The van der Waals surface area contributed by atoms with Gasteiger partial charge in [0.05, 0.1) is 10.7 Å². The fourth-order valence-electron chi connectivity index (χ4n) is 2.29. The van der Waals surface area contributed by atoms with E-state index in [1.807, 2.05) is 0 Å². The van der Waals surface area contributed by atoms with Crippen molar-refractivity contribution in [3.63, 3.8) is 0 Å². The van der Waals surface area contributed by atoms with Crippen molar-refractivity contribution in [2.75, 3.05) is 6.54 Å². The lowest BCUT2D eigenvalue weighted by atomic mass is 10.0. The molecule has 0 amide bonds. The number of rotatable bonds is 8. The second-order valence-corrected chi connectivity index (χ2v) is 6.05. The summed E-state index contributed by atoms with van der Waals surface area (Å²) >= 11 is 1.80. The van der Waals surface area contributed by atoms with Crippen molar-refractivity contribution >= 4 is 11.3 Å². The van der Waals surface area contributed by atoms with Gasteiger partial charge in [0.15, 0.2) is 0 Å². The minimum Gasteiger partial charge on any atom is -0.310 e. The van der Waals surface area contributed by atoms with E-state index in [9.17, 15) is 0 Å². The monoisotopic (exact) mass is 288 g/mol. The molecule has 1 aromatic heterocycles. The molecule has 1 N–H and O–H groups in total. The fraction of sp³-hybridized carbons (Fsp3) is 0.471. The van der Waals surface area contributed by atoms with Crippen LogP contribution < -0.4 is 5.32 Å². The molecular weight excluding hydrogens is 264 g/mol. The first-order valence-electron chi connectivity index (χ1n) is 7.55. The summed E-state index contributed by atoms with van der Waals surface area (Å²) in [5.41, 5.74) is 2.57. The zero-order chi connectivity index (χ0) is 14.2. The number of benzene rings is 1. The Morgan fingerprint density at radius 1 is 1.15 bits per heavy atom. The average Bonchev–Trinajstić information content (AvgIpc) is 2.92. The smallest absolute Gasteiger partial charge is 0.0928 e. The van der Waals surface area contributed by atoms with Crippen LogP contribution in [0, 0.1) is 0 Å². The highest BCUT2D eigenvalue weighted by Gasteiger charge is 2.13. The lowest BCUT2D eigenvalue weighted by Gasteiger charge is -2.18. The van der Waals surface area contributed by atoms with Gasteiger partial charge in [-0.05, 0) is 31.4 Å². The number of hydrogen-bond donors (Lipinski definition) is 1. The third kappa shape index (κ3) is 4.43. The molecule has 2 rings (SSSR count). The standard InChI is InChI=1S/C17H24N2S/c1-3-8-17-19-15(13-20-17)12-16(18-11-4-2)14-9-6-5-7-10-14/h5-7,9-10,13,16,18H,3-4,8,11-12H2,1-2H3. The molecule has 1 atom stereocenters. The predicted octanol–water partition coefficient (Wildman–Crippen LogP) is 4.38. The molecule has 1 heterocycles. The quantitative estimate of drug-likeness (QED) is 0.779. The summed E-state index contributed by atoms with van der Waals surface area (Å²) < 4.78 is 0. The molecule has 0 aliphatic heterocycles. The average molecular weight is 288 g/mol. The second-order valence-electron chi connectivity index (χ2n) is 5.10. The lowest BCUT2D eigenvalue weighted by Crippen LogP contribution is -2.24. The Morgan fingerprint density at radius 3 is 2.65 bits per heavy atom. The number of aromatic nitrogens is 1. The molecule has 2 aromatic rings. The molecule has 0 spiro atoms. The van der Waals surface area contributed by atoms with Gasteiger partial charge >= 0.3 is 0 Å². The maximum Gasteiger partial charge on any atom is 0.0928 e. The van der Waals surface area contributed by atoms with Gasteiger partial charge in [-0.3, -0.25) is 0 Å². The van der Waals surface area contributed by atoms with Crippen LogP contribution in [-0.2, 0) is 12.8 Å². The first-order valence-corrected chi connectivity index (χ1v) is 8.43. The van der Waals surface area contributed by atoms with E-state index in [4.69, 9.17) is 4.98 Å². The minimum atomic E-state index is 0.368. The van der Waals surface area contributed by atoms with Gasteiger partial charge in [-0.1, -0.05) is 44.2 Å². The lowest BCUT2D eigenvalue weighted by molar-refractivity contribution is 0.525. The summed E-state index contributed by atoms with van der Waals surface area (Å²) in [5, 5.41) is 7.13. The Morgan fingerprint density at radius 2 is 1.95 bits per heavy atom. The summed E-state index contributed by atoms with van der Waals surface area (Å²) in [7, 11) is 0. The SMILES string of the molecule is CCCNC(Cc1csc(CCC)n1)c1ccccc1. The van der Waals surface area contributed by atoms with Crippen LogP contribution in [0.1, 0.15) is 49.0 Å². The molecule has 0 bridgehead atoms. The molecule has 3 heteroatoms. The molecule has 0 saturated heterocycles. The highest BCUT2D eigenvalue weighted by Crippen LogP contribution is 2.20. The number of aryl methyl sites for hydroxylation is 1. The summed E-state index contributed by atoms with van der Waals surface area (Å²) in [5.74, 6) is 0. The number of thiazole rings is 1. The molecule has 20 heavy (non-hydrogen) atoms. The highest BCUT2D eigenvalue weighted by molar-refractivity contribution is 7.09. The van der Waals surface area contributed by atoms with Gasteiger partial charge in [0.1, 0.15) is 0 Å². The van der Waals surface area contributed by atoms with E-state index in [2.05, 4.69) is 54.9 Å². The van der Waals surface area contributed by atoms with Gasteiger partial charge in [-0.15, -0.1) is 11.3 Å². The molecule has 0 fully saturated rings. The molecule has 1 aromatic carbocycles. The van der Waals surface area contributed by atoms with Crippen molar-refractivity contribution in [1.29, 1.82) is 0 Å². The van der Waals surface area contributed by atoms with Crippen molar-refractivity contribution in [2.24, 2.45) is 0 Å². The first kappa shape index (κ1) is 15.2. The Balaban J connectivity index is 2.06. The van der Waals surface area contributed by atoms with E-state index in [1.54, 1.807) is 11.3 Å². The molecule has 108 valence electrons. The Labute approximate surface area is 126 Å². The van der Waals surface area contributed by atoms with E-state index in [1.165, 1.54) is 22.7 Å². The van der Waals surface area contributed by atoms with Crippen LogP contribution in [0.25, 0.3) is 0 Å². The van der Waals surface area contributed by atoms with Gasteiger partial charge in [0.2, 0.25) is 0 Å². The van der Waals surface area contributed by atoms with Crippen LogP contribution in [0.5, 0.6) is 0 Å². The summed E-state index contributed by atoms with van der Waals surface area (Å²) in [6.07, 6.45) is 4.40. The third-order valence-electron chi connectivity index (χ3n) is 3.32. The largest absolute Gasteiger partial charge is 0.310 e. The van der Waals surface area contributed by atoms with Crippen LogP contribution in [0.3, 0.4) is 0 Å². The van der Waals surface area contributed by atoms with Crippen molar-refractivity contribution in [1.82, 2.24) is 10.3 Å². The summed E-state index contributed by atoms with van der Waals surface area (Å²) in [6.45, 7) is 5.46. The van der Waals surface area contributed by atoms with Crippen LogP contribution >= 0.6 is 11.3 Å². The summed E-state index contributed by atoms with van der Waals surface area (Å²) in [4.78, 5) is 4.75. The molecule has 1 unspecified atom stereocenters. The molecule has 0 aliphatic rings. The normalized spacial score (nSPS) is 12.5. The fourth-order valence-corrected chi connectivity index (χ4v) is 3.21. The van der Waals surface area contributed by atoms with Crippen molar-refractivity contribution in [3.8, 4) is 0 Å². The molecular formula is C17H24N2S. The second kappa shape index (κ2) is 8.18. The van der Waals surface area contributed by atoms with Crippen molar-refractivity contribution in [3.05, 3.63) is 52.0 Å². The van der Waals surface area contributed by atoms with E-state index >= 15 is 0 Å². The van der Waals surface area contributed by atoms with Crippen molar-refractivity contribution in [2.45, 2.75) is 45.6 Å². The first-order chi connectivity index (χ1) is 9.83. The maximum atomic E-state index is 4.75. The zero-order valence-corrected chi connectivity index (χ0v) is 13.2. The molecule has 2 nitrogen and oxygen atoms in total. The third-order valence-corrected chi connectivity index (χ3v) is 4.28. The highest BCUT2D eigenvalue weighted by atomic mass is 32.1. The van der Waals surface area contributed by atoms with Gasteiger partial charge in [-0.25, -0.2) is 4.98 Å². The number of hydrogen-bond acceptors (Lipinski definition) is 3. The summed E-state index contributed by atoms with van der Waals surface area (Å²) in [6, 6.07) is 11.1. The topological polar surface area (TPSA) is 24.9 Å². The molecule has 0 radical (unpaired) electrons. The van der Waals surface area contributed by atoms with E-state index in [-0.39, 0.29) is 0 Å². The zero-order valence-electron chi connectivity index (χ0n) is 12.4. The van der Waals surface area contributed by atoms with Gasteiger partial charge in [-0.2, -0.15) is 0 Å². The van der Waals surface area contributed by atoms with E-state index < -0.39 is 0 Å². The Hall–Kier alpha value is -1.19.